The smallest absolute Gasteiger partial charge is 0.303 e. The average molecular weight is 467 g/mol. The van der Waals surface area contributed by atoms with Crippen LogP contribution in [0.4, 0.5) is 4.39 Å². The maximum Gasteiger partial charge on any atom is 0.303 e. The van der Waals surface area contributed by atoms with E-state index in [1.54, 1.807) is 6.08 Å². The summed E-state index contributed by atoms with van der Waals surface area (Å²) in [6.07, 6.45) is 7.18. The van der Waals surface area contributed by atoms with Crippen LogP contribution in [0.3, 0.4) is 0 Å². The number of carbonyl (C=O) groups is 3. The number of esters is 1. The third kappa shape index (κ3) is 2.84. The zero-order chi connectivity index (χ0) is 21.2. The molecule has 0 amide bonds. The molecule has 158 valence electrons. The molecular formula is C23H28BrFO4. The lowest BCUT2D eigenvalue weighted by Crippen LogP contribution is -2.65. The molecular weight excluding hydrogens is 439 g/mol. The van der Waals surface area contributed by atoms with Crippen molar-refractivity contribution >= 4 is 33.5 Å². The predicted octanol–water partition coefficient (Wildman–Crippen LogP) is 4.65. The van der Waals surface area contributed by atoms with Crippen LogP contribution in [-0.4, -0.2) is 34.6 Å². The Labute approximate surface area is 179 Å². The first kappa shape index (κ1) is 21.0. The first-order valence-electron chi connectivity index (χ1n) is 10.5. The van der Waals surface area contributed by atoms with E-state index in [0.717, 1.165) is 12.0 Å². The number of hydrogen-bond acceptors (Lipinski definition) is 4. The van der Waals surface area contributed by atoms with E-state index in [4.69, 9.17) is 4.74 Å². The highest BCUT2D eigenvalue weighted by molar-refractivity contribution is 9.09. The number of Topliss-reactive ketones (excluding diaryl/α,β-unsaturated/α-hetero) is 1. The van der Waals surface area contributed by atoms with Crippen molar-refractivity contribution in [2.24, 2.45) is 22.7 Å². The van der Waals surface area contributed by atoms with Gasteiger partial charge in [0.25, 0.3) is 0 Å². The van der Waals surface area contributed by atoms with Gasteiger partial charge in [-0.3, -0.25) is 14.4 Å². The third-order valence-electron chi connectivity index (χ3n) is 8.29. The van der Waals surface area contributed by atoms with Crippen molar-refractivity contribution in [1.29, 1.82) is 0 Å². The molecule has 0 heterocycles. The van der Waals surface area contributed by atoms with Crippen molar-refractivity contribution in [2.75, 3.05) is 6.61 Å². The number of ether oxygens (including phenoxy) is 1. The Morgan fingerprint density at radius 3 is 2.69 bits per heavy atom. The van der Waals surface area contributed by atoms with Crippen LogP contribution in [0.25, 0.3) is 0 Å². The highest BCUT2D eigenvalue weighted by Crippen LogP contribution is 2.69. The fourth-order valence-electron chi connectivity index (χ4n) is 6.75. The van der Waals surface area contributed by atoms with Gasteiger partial charge in [-0.25, -0.2) is 4.39 Å². The second-order valence-corrected chi connectivity index (χ2v) is 10.7. The summed E-state index contributed by atoms with van der Waals surface area (Å²) in [7, 11) is 0. The van der Waals surface area contributed by atoms with Crippen LogP contribution in [0.5, 0.6) is 0 Å². The number of carbonyl (C=O) groups excluding carboxylic acids is 3. The molecule has 0 saturated heterocycles. The minimum absolute atomic E-state index is 0.0357. The fourth-order valence-corrected chi connectivity index (χ4v) is 8.27. The Bertz CT molecular complexity index is 848. The number of allylic oxidation sites excluding steroid dienone is 3. The van der Waals surface area contributed by atoms with E-state index in [9.17, 15) is 14.4 Å². The molecule has 4 nitrogen and oxygen atoms in total. The molecule has 0 aromatic carbocycles. The van der Waals surface area contributed by atoms with Gasteiger partial charge in [-0.15, -0.1) is 0 Å². The van der Waals surface area contributed by atoms with Crippen molar-refractivity contribution in [3.63, 3.8) is 0 Å². The summed E-state index contributed by atoms with van der Waals surface area (Å²) in [4.78, 5) is 35.5. The summed E-state index contributed by atoms with van der Waals surface area (Å²) in [6, 6.07) is 0. The minimum Gasteiger partial charge on any atom is -0.457 e. The van der Waals surface area contributed by atoms with Crippen LogP contribution in [0.2, 0.25) is 0 Å². The molecule has 0 radical (unpaired) electrons. The second-order valence-electron chi connectivity index (χ2n) is 9.63. The van der Waals surface area contributed by atoms with Gasteiger partial charge in [0.15, 0.2) is 18.2 Å². The lowest BCUT2D eigenvalue weighted by molar-refractivity contribution is -0.146. The van der Waals surface area contributed by atoms with Gasteiger partial charge >= 0.3 is 5.97 Å². The largest absolute Gasteiger partial charge is 0.457 e. The molecule has 6 heteroatoms. The van der Waals surface area contributed by atoms with E-state index in [-0.39, 0.29) is 30.0 Å². The van der Waals surface area contributed by atoms with Crippen molar-refractivity contribution in [1.82, 2.24) is 0 Å². The van der Waals surface area contributed by atoms with E-state index >= 15 is 4.39 Å². The molecule has 0 bridgehead atoms. The van der Waals surface area contributed by atoms with Crippen molar-refractivity contribution in [3.8, 4) is 0 Å². The van der Waals surface area contributed by atoms with Crippen molar-refractivity contribution < 1.29 is 23.5 Å². The van der Waals surface area contributed by atoms with Crippen LogP contribution < -0.4 is 0 Å². The summed E-state index contributed by atoms with van der Waals surface area (Å²) in [5, 5.41) is 0. The molecule has 4 aliphatic rings. The molecule has 0 unspecified atom stereocenters. The van der Waals surface area contributed by atoms with Crippen LogP contribution >= 0.6 is 15.9 Å². The van der Waals surface area contributed by atoms with Gasteiger partial charge in [0.1, 0.15) is 5.67 Å². The Morgan fingerprint density at radius 1 is 1.28 bits per heavy atom. The van der Waals surface area contributed by atoms with Gasteiger partial charge < -0.3 is 4.74 Å². The molecule has 4 aliphatic carbocycles. The van der Waals surface area contributed by atoms with Crippen LogP contribution in [-0.2, 0) is 19.1 Å². The lowest BCUT2D eigenvalue weighted by atomic mass is 9.45. The molecule has 0 spiro atoms. The van der Waals surface area contributed by atoms with Gasteiger partial charge in [-0.1, -0.05) is 41.4 Å². The molecule has 2 saturated carbocycles. The van der Waals surface area contributed by atoms with E-state index < -0.39 is 27.3 Å². The quantitative estimate of drug-likeness (QED) is 0.448. The third-order valence-corrected chi connectivity index (χ3v) is 9.28. The van der Waals surface area contributed by atoms with E-state index in [2.05, 4.69) is 22.9 Å². The molecule has 0 aromatic rings. The van der Waals surface area contributed by atoms with Gasteiger partial charge in [0.05, 0.1) is 4.83 Å². The van der Waals surface area contributed by atoms with Gasteiger partial charge in [0, 0.05) is 29.7 Å². The Kier molecular flexibility index (Phi) is 4.96. The van der Waals surface area contributed by atoms with Crippen molar-refractivity contribution in [2.45, 2.75) is 69.8 Å². The first-order valence-corrected chi connectivity index (χ1v) is 11.4. The average Bonchev–Trinajstić information content (AvgIpc) is 2.98. The summed E-state index contributed by atoms with van der Waals surface area (Å²) >= 11 is 3.70. The Morgan fingerprint density at radius 2 is 2.00 bits per heavy atom. The number of halogens is 2. The van der Waals surface area contributed by atoms with Gasteiger partial charge in [0.2, 0.25) is 0 Å². The summed E-state index contributed by atoms with van der Waals surface area (Å²) < 4.78 is 22.0. The van der Waals surface area contributed by atoms with Gasteiger partial charge in [-0.2, -0.15) is 0 Å². The maximum absolute atomic E-state index is 17.1. The van der Waals surface area contributed by atoms with Crippen LogP contribution in [0, 0.1) is 22.7 Å². The molecule has 29 heavy (non-hydrogen) atoms. The van der Waals surface area contributed by atoms with Crippen molar-refractivity contribution in [3.05, 3.63) is 23.3 Å². The zero-order valence-corrected chi connectivity index (χ0v) is 18.8. The number of rotatable bonds is 3. The molecule has 0 aliphatic heterocycles. The molecule has 0 aromatic heterocycles. The lowest BCUT2D eigenvalue weighted by Gasteiger charge is -2.63. The number of fused-ring (bicyclic) bond motifs is 5. The van der Waals surface area contributed by atoms with Crippen LogP contribution in [0.1, 0.15) is 59.3 Å². The summed E-state index contributed by atoms with van der Waals surface area (Å²) in [5.41, 5.74) is -0.903. The molecule has 6 atom stereocenters. The highest BCUT2D eigenvalue weighted by atomic mass is 79.9. The number of hydrogen-bond donors (Lipinski definition) is 0. The minimum atomic E-state index is -1.45. The topological polar surface area (TPSA) is 60.4 Å². The molecule has 2 fully saturated rings. The number of alkyl halides is 2. The molecule has 4 rings (SSSR count). The van der Waals surface area contributed by atoms with E-state index in [1.165, 1.54) is 6.92 Å². The second kappa shape index (κ2) is 6.86. The fraction of sp³-hybridized carbons (Fsp3) is 0.696. The SMILES string of the molecule is CC(=O)OCC(=O)C1=CC[C@H]2[C@@H]3CCC4=CC(=O)CC[C@]4(C)[C@@]3(F)[C@@H](Br)C[C@]12C. The van der Waals surface area contributed by atoms with E-state index in [0.29, 0.717) is 37.7 Å². The first-order chi connectivity index (χ1) is 13.5. The predicted molar refractivity (Wildman–Crippen MR) is 110 cm³/mol. The Hall–Kier alpha value is -1.30. The summed E-state index contributed by atoms with van der Waals surface area (Å²) in [6.45, 7) is 5.09. The van der Waals surface area contributed by atoms with Gasteiger partial charge in [-0.05, 0) is 50.0 Å². The maximum atomic E-state index is 17.1. The van der Waals surface area contributed by atoms with E-state index in [1.807, 2.05) is 13.0 Å². The monoisotopic (exact) mass is 466 g/mol. The Balaban J connectivity index is 1.67. The standard InChI is InChI=1S/C23H28BrFO4/c1-13(26)29-12-19(28)18-7-6-16-17-5-4-14-10-15(27)8-9-22(14,3)23(17,25)20(24)11-21(16,18)2/h7,10,16-17,20H,4-6,8-9,11-12H2,1-3H3/t16-,17-,20-,21-,22-,23-/m0/s1. The number of ketones is 2. The zero-order valence-electron chi connectivity index (χ0n) is 17.2. The highest BCUT2D eigenvalue weighted by Gasteiger charge is 2.69. The molecule has 0 N–H and O–H groups in total. The summed E-state index contributed by atoms with van der Waals surface area (Å²) in [5.74, 6) is -0.700. The normalized spacial score (nSPS) is 43.5. The van der Waals surface area contributed by atoms with Crippen LogP contribution in [0.15, 0.2) is 23.3 Å².